The summed E-state index contributed by atoms with van der Waals surface area (Å²) >= 11 is 0. The zero-order valence-electron chi connectivity index (χ0n) is 6.37. The monoisotopic (exact) mass is 161 g/mol. The largest absolute Gasteiger partial charge is 0.387 e. The smallest absolute Gasteiger partial charge is 0.237 e. The third kappa shape index (κ3) is 2.00. The summed E-state index contributed by atoms with van der Waals surface area (Å²) in [4.78, 5) is 0. The molecule has 0 unspecified atom stereocenters. The Balaban J connectivity index is 2.66. The summed E-state index contributed by atoms with van der Waals surface area (Å²) in [5.41, 5.74) is 0. The molecule has 1 heterocycles. The molecule has 1 aromatic heterocycles. The average Bonchev–Trinajstić information content (AvgIpc) is 2.37. The fraction of sp³-hybridized carbons (Fsp3) is 0.571. The van der Waals surface area contributed by atoms with Crippen molar-refractivity contribution in [1.82, 2.24) is 4.57 Å². The van der Waals surface area contributed by atoms with Gasteiger partial charge in [0.05, 0.1) is 6.54 Å². The van der Waals surface area contributed by atoms with Crippen LogP contribution in [0.5, 0.6) is 0 Å². The Bertz CT molecular complexity index is 220. The Morgan fingerprint density at radius 1 is 1.55 bits per heavy atom. The molecule has 0 fully saturated rings. The number of nitrogens with zero attached hydrogens (tertiary/aromatic N) is 2. The number of imidazole rings is 1. The standard InChI is InChI=1S/C7H11F2N2/c1-2-3-10-4-5-11(6-10)7(8)9/h4-7H,2-3H2,1H3/q+1. The van der Waals surface area contributed by atoms with Crippen molar-refractivity contribution in [2.45, 2.75) is 26.4 Å². The lowest BCUT2D eigenvalue weighted by Gasteiger charge is -1.90. The highest BCUT2D eigenvalue weighted by Gasteiger charge is 2.11. The van der Waals surface area contributed by atoms with Gasteiger partial charge in [-0.3, -0.25) is 0 Å². The lowest BCUT2D eigenvalue weighted by atomic mass is 10.5. The molecule has 0 aromatic carbocycles. The van der Waals surface area contributed by atoms with Crippen molar-refractivity contribution in [3.8, 4) is 0 Å². The van der Waals surface area contributed by atoms with Crippen LogP contribution in [0.2, 0.25) is 0 Å². The first-order chi connectivity index (χ1) is 5.24. The van der Waals surface area contributed by atoms with E-state index < -0.39 is 6.55 Å². The van der Waals surface area contributed by atoms with Crippen molar-refractivity contribution in [1.29, 1.82) is 0 Å². The minimum Gasteiger partial charge on any atom is -0.237 e. The van der Waals surface area contributed by atoms with Crippen LogP contribution in [0.1, 0.15) is 19.9 Å². The van der Waals surface area contributed by atoms with Gasteiger partial charge in [-0.2, -0.15) is 13.3 Å². The lowest BCUT2D eigenvalue weighted by Crippen LogP contribution is -2.30. The van der Waals surface area contributed by atoms with Crippen molar-refractivity contribution in [3.63, 3.8) is 0 Å². The summed E-state index contributed by atoms with van der Waals surface area (Å²) in [6.45, 7) is 0.375. The Labute approximate surface area is 64.1 Å². The zero-order valence-corrected chi connectivity index (χ0v) is 6.37. The fourth-order valence-electron chi connectivity index (χ4n) is 0.917. The molecule has 1 rings (SSSR count). The first-order valence-corrected chi connectivity index (χ1v) is 3.58. The summed E-state index contributed by atoms with van der Waals surface area (Å²) in [6, 6.07) is 0. The van der Waals surface area contributed by atoms with Crippen molar-refractivity contribution < 1.29 is 13.3 Å². The highest BCUT2D eigenvalue weighted by Crippen LogP contribution is 2.06. The minimum atomic E-state index is -2.42. The van der Waals surface area contributed by atoms with Crippen LogP contribution in [0, 0.1) is 0 Å². The predicted octanol–water partition coefficient (Wildman–Crippen LogP) is 1.58. The Morgan fingerprint density at radius 3 is 2.73 bits per heavy atom. The van der Waals surface area contributed by atoms with Crippen LogP contribution in [0.25, 0.3) is 0 Å². The molecule has 0 amide bonds. The maximum Gasteiger partial charge on any atom is 0.387 e. The van der Waals surface area contributed by atoms with E-state index in [1.807, 2.05) is 6.92 Å². The van der Waals surface area contributed by atoms with E-state index in [1.165, 1.54) is 12.5 Å². The van der Waals surface area contributed by atoms with Crippen molar-refractivity contribution in [2.24, 2.45) is 0 Å². The molecule has 0 bridgehead atoms. The van der Waals surface area contributed by atoms with Gasteiger partial charge in [0.25, 0.3) is 0 Å². The number of alkyl halides is 2. The van der Waals surface area contributed by atoms with Crippen molar-refractivity contribution in [3.05, 3.63) is 18.7 Å². The zero-order chi connectivity index (χ0) is 8.27. The molecule has 2 nitrogen and oxygen atoms in total. The molecule has 62 valence electrons. The van der Waals surface area contributed by atoms with Gasteiger partial charge in [-0.05, 0) is 6.42 Å². The summed E-state index contributed by atoms with van der Waals surface area (Å²) in [5, 5.41) is 0. The molecule has 0 aliphatic heterocycles. The van der Waals surface area contributed by atoms with Gasteiger partial charge in [0.2, 0.25) is 6.33 Å². The van der Waals surface area contributed by atoms with Crippen molar-refractivity contribution in [2.75, 3.05) is 0 Å². The molecule has 0 saturated heterocycles. The quantitative estimate of drug-likeness (QED) is 0.595. The molecule has 0 radical (unpaired) electrons. The highest BCUT2D eigenvalue weighted by atomic mass is 19.3. The van der Waals surface area contributed by atoms with E-state index in [2.05, 4.69) is 0 Å². The minimum absolute atomic E-state index is 0.791. The van der Waals surface area contributed by atoms with Crippen LogP contribution < -0.4 is 4.57 Å². The van der Waals surface area contributed by atoms with Gasteiger partial charge in [0.1, 0.15) is 12.4 Å². The number of hydrogen-bond donors (Lipinski definition) is 0. The molecule has 0 aliphatic carbocycles. The van der Waals surface area contributed by atoms with Crippen LogP contribution in [-0.4, -0.2) is 4.57 Å². The second-order valence-corrected chi connectivity index (χ2v) is 2.38. The number of halogens is 2. The molecular formula is C7H11F2N2+. The second-order valence-electron chi connectivity index (χ2n) is 2.38. The van der Waals surface area contributed by atoms with Gasteiger partial charge in [-0.1, -0.05) is 6.92 Å². The van der Waals surface area contributed by atoms with Gasteiger partial charge in [-0.25, -0.2) is 4.57 Å². The van der Waals surface area contributed by atoms with E-state index >= 15 is 0 Å². The first kappa shape index (κ1) is 8.17. The molecule has 0 saturated carbocycles. The van der Waals surface area contributed by atoms with Crippen molar-refractivity contribution >= 4 is 0 Å². The van der Waals surface area contributed by atoms with Crippen LogP contribution in [-0.2, 0) is 6.54 Å². The number of aromatic nitrogens is 2. The number of hydrogen-bond acceptors (Lipinski definition) is 0. The Kier molecular flexibility index (Phi) is 2.57. The van der Waals surface area contributed by atoms with E-state index in [4.69, 9.17) is 0 Å². The second kappa shape index (κ2) is 3.46. The third-order valence-corrected chi connectivity index (χ3v) is 1.42. The topological polar surface area (TPSA) is 8.81 Å². The van der Waals surface area contributed by atoms with Gasteiger partial charge in [0.15, 0.2) is 0 Å². The molecular weight excluding hydrogens is 150 g/mol. The van der Waals surface area contributed by atoms with Gasteiger partial charge in [-0.15, -0.1) is 0 Å². The summed E-state index contributed by atoms with van der Waals surface area (Å²) in [6.07, 6.45) is 5.39. The Morgan fingerprint density at radius 2 is 2.27 bits per heavy atom. The number of rotatable bonds is 3. The molecule has 0 N–H and O–H groups in total. The highest BCUT2D eigenvalue weighted by molar-refractivity contribution is 4.65. The Hall–Kier alpha value is -0.930. The van der Waals surface area contributed by atoms with Crippen LogP contribution in [0.3, 0.4) is 0 Å². The molecule has 0 spiro atoms. The van der Waals surface area contributed by atoms with E-state index in [0.717, 1.165) is 17.5 Å². The predicted molar refractivity (Wildman–Crippen MR) is 36.2 cm³/mol. The average molecular weight is 161 g/mol. The van der Waals surface area contributed by atoms with Gasteiger partial charge >= 0.3 is 6.55 Å². The molecule has 0 atom stereocenters. The third-order valence-electron chi connectivity index (χ3n) is 1.42. The maximum atomic E-state index is 12.0. The summed E-state index contributed by atoms with van der Waals surface area (Å²) in [7, 11) is 0. The van der Waals surface area contributed by atoms with E-state index in [-0.39, 0.29) is 0 Å². The summed E-state index contributed by atoms with van der Waals surface area (Å²) in [5.74, 6) is 0. The van der Waals surface area contributed by atoms with Crippen LogP contribution >= 0.6 is 0 Å². The lowest BCUT2D eigenvalue weighted by molar-refractivity contribution is -0.696. The SMILES string of the molecule is CCC[n+]1ccn(C(F)F)c1. The fourth-order valence-corrected chi connectivity index (χ4v) is 0.917. The molecule has 0 aliphatic rings. The van der Waals surface area contributed by atoms with E-state index in [0.29, 0.717) is 0 Å². The molecule has 11 heavy (non-hydrogen) atoms. The summed E-state index contributed by atoms with van der Waals surface area (Å²) < 4.78 is 26.6. The van der Waals surface area contributed by atoms with Crippen LogP contribution in [0.4, 0.5) is 8.78 Å². The maximum absolute atomic E-state index is 12.0. The van der Waals surface area contributed by atoms with Crippen LogP contribution in [0.15, 0.2) is 18.7 Å². The van der Waals surface area contributed by atoms with Gasteiger partial charge in [0, 0.05) is 0 Å². The van der Waals surface area contributed by atoms with E-state index in [9.17, 15) is 8.78 Å². The van der Waals surface area contributed by atoms with Gasteiger partial charge < -0.3 is 0 Å². The first-order valence-electron chi connectivity index (χ1n) is 3.58. The number of aryl methyl sites for hydroxylation is 1. The van der Waals surface area contributed by atoms with E-state index in [1.54, 1.807) is 10.8 Å². The molecule has 4 heteroatoms. The molecule has 1 aromatic rings. The normalized spacial score (nSPS) is 10.9.